The molecule has 3 aromatic heterocycles. The van der Waals surface area contributed by atoms with Gasteiger partial charge in [-0.3, -0.25) is 9.89 Å². The van der Waals surface area contributed by atoms with Gasteiger partial charge in [0.05, 0.1) is 16.8 Å². The zero-order chi connectivity index (χ0) is 14.7. The van der Waals surface area contributed by atoms with E-state index in [1.165, 1.54) is 0 Å². The van der Waals surface area contributed by atoms with Crippen LogP contribution < -0.4 is 5.43 Å². The number of hydrogen-bond acceptors (Lipinski definition) is 5. The van der Waals surface area contributed by atoms with E-state index < -0.39 is 0 Å². The Morgan fingerprint density at radius 1 is 1.43 bits per heavy atom. The van der Waals surface area contributed by atoms with Crippen molar-refractivity contribution in [1.29, 1.82) is 0 Å². The predicted molar refractivity (Wildman–Crippen MR) is 80.3 cm³/mol. The van der Waals surface area contributed by atoms with Crippen LogP contribution in [0, 0.1) is 0 Å². The molecule has 3 heterocycles. The van der Waals surface area contributed by atoms with Crippen molar-refractivity contribution in [3.63, 3.8) is 0 Å². The van der Waals surface area contributed by atoms with Crippen molar-refractivity contribution in [2.24, 2.45) is 5.10 Å². The predicted octanol–water partition coefficient (Wildman–Crippen LogP) is 2.89. The molecule has 0 radical (unpaired) electrons. The van der Waals surface area contributed by atoms with Crippen molar-refractivity contribution in [1.82, 2.24) is 15.6 Å². The van der Waals surface area contributed by atoms with Gasteiger partial charge in [-0.15, -0.1) is 11.3 Å². The van der Waals surface area contributed by atoms with Gasteiger partial charge in [-0.1, -0.05) is 6.07 Å². The summed E-state index contributed by atoms with van der Waals surface area (Å²) in [6.45, 7) is 1.75. The second-order valence-electron chi connectivity index (χ2n) is 4.26. The number of amides is 1. The zero-order valence-corrected chi connectivity index (χ0v) is 12.0. The van der Waals surface area contributed by atoms with Gasteiger partial charge in [0.15, 0.2) is 5.69 Å². The van der Waals surface area contributed by atoms with E-state index in [2.05, 4.69) is 20.7 Å². The second-order valence-corrected chi connectivity index (χ2v) is 5.21. The number of carbonyl (C=O) groups is 1. The summed E-state index contributed by atoms with van der Waals surface area (Å²) in [4.78, 5) is 13.0. The van der Waals surface area contributed by atoms with Crippen LogP contribution in [0.3, 0.4) is 0 Å². The van der Waals surface area contributed by atoms with Crippen molar-refractivity contribution >= 4 is 23.0 Å². The summed E-state index contributed by atoms with van der Waals surface area (Å²) in [5, 5.41) is 12.8. The average molecular weight is 300 g/mol. The molecular weight excluding hydrogens is 288 g/mol. The fraction of sp³-hybridized carbons (Fsp3) is 0.0714. The number of nitrogens with zero attached hydrogens (tertiary/aromatic N) is 2. The minimum atomic E-state index is -0.375. The van der Waals surface area contributed by atoms with Gasteiger partial charge in [0.2, 0.25) is 0 Å². The van der Waals surface area contributed by atoms with Gasteiger partial charge in [-0.25, -0.2) is 5.43 Å². The number of thiophene rings is 1. The van der Waals surface area contributed by atoms with Crippen LogP contribution in [-0.4, -0.2) is 21.8 Å². The lowest BCUT2D eigenvalue weighted by Crippen LogP contribution is -2.19. The first-order valence-corrected chi connectivity index (χ1v) is 7.10. The van der Waals surface area contributed by atoms with E-state index in [4.69, 9.17) is 4.42 Å². The lowest BCUT2D eigenvalue weighted by atomic mass is 10.3. The molecule has 1 amide bonds. The highest BCUT2D eigenvalue weighted by Gasteiger charge is 2.11. The number of aromatic nitrogens is 2. The highest BCUT2D eigenvalue weighted by molar-refractivity contribution is 7.13. The van der Waals surface area contributed by atoms with Gasteiger partial charge >= 0.3 is 0 Å². The van der Waals surface area contributed by atoms with Crippen LogP contribution in [0.25, 0.3) is 10.6 Å². The summed E-state index contributed by atoms with van der Waals surface area (Å²) in [6.07, 6.45) is 1.55. The third kappa shape index (κ3) is 2.92. The van der Waals surface area contributed by atoms with Crippen LogP contribution in [0.4, 0.5) is 0 Å². The fourth-order valence-electron chi connectivity index (χ4n) is 1.73. The Morgan fingerprint density at radius 3 is 3.05 bits per heavy atom. The number of hydrazone groups is 1. The molecule has 0 spiro atoms. The van der Waals surface area contributed by atoms with Gasteiger partial charge in [0.25, 0.3) is 5.91 Å². The molecule has 0 aliphatic heterocycles. The first-order chi connectivity index (χ1) is 10.2. The van der Waals surface area contributed by atoms with Crippen LogP contribution in [0.5, 0.6) is 0 Å². The van der Waals surface area contributed by atoms with E-state index in [1.807, 2.05) is 17.5 Å². The maximum atomic E-state index is 12.0. The smallest absolute Gasteiger partial charge is 0.291 e. The SMILES string of the molecule is C/C(=N/NC(=O)c1cc(-c2cccs2)[nH]n1)c1ccco1. The number of aromatic amines is 1. The Kier molecular flexibility index (Phi) is 3.65. The average Bonchev–Trinajstić information content (AvgIpc) is 3.25. The lowest BCUT2D eigenvalue weighted by molar-refractivity contribution is 0.0950. The number of carbonyl (C=O) groups excluding carboxylic acids is 1. The van der Waals surface area contributed by atoms with Crippen LogP contribution in [0.1, 0.15) is 23.2 Å². The standard InChI is InChI=1S/C14H12N4O2S/c1-9(12-4-2-6-20-12)15-18-14(19)11-8-10(16-17-11)13-5-3-7-21-13/h2-8H,1H3,(H,16,17)(H,18,19)/b15-9-. The minimum Gasteiger partial charge on any atom is -0.463 e. The molecule has 0 aliphatic carbocycles. The normalized spacial score (nSPS) is 11.6. The molecule has 2 N–H and O–H groups in total. The van der Waals surface area contributed by atoms with Crippen LogP contribution in [0.2, 0.25) is 0 Å². The quantitative estimate of drug-likeness (QED) is 0.574. The van der Waals surface area contributed by atoms with Crippen LogP contribution in [-0.2, 0) is 0 Å². The Labute approximate surface area is 124 Å². The topological polar surface area (TPSA) is 83.3 Å². The molecule has 21 heavy (non-hydrogen) atoms. The maximum absolute atomic E-state index is 12.0. The van der Waals surface area contributed by atoms with Crippen LogP contribution in [0.15, 0.2) is 51.5 Å². The van der Waals surface area contributed by atoms with Crippen molar-refractivity contribution in [3.8, 4) is 10.6 Å². The minimum absolute atomic E-state index is 0.286. The Hall–Kier alpha value is -2.67. The second kappa shape index (κ2) is 5.76. The van der Waals surface area contributed by atoms with E-state index in [0.717, 1.165) is 10.6 Å². The molecule has 106 valence electrons. The third-order valence-electron chi connectivity index (χ3n) is 2.80. The lowest BCUT2D eigenvalue weighted by Gasteiger charge is -1.97. The van der Waals surface area contributed by atoms with E-state index >= 15 is 0 Å². The van der Waals surface area contributed by atoms with Crippen molar-refractivity contribution in [2.75, 3.05) is 0 Å². The number of H-pyrrole nitrogens is 1. The summed E-state index contributed by atoms with van der Waals surface area (Å²) in [5.41, 5.74) is 4.13. The van der Waals surface area contributed by atoms with Crippen LogP contribution >= 0.6 is 11.3 Å². The zero-order valence-electron chi connectivity index (χ0n) is 11.2. The summed E-state index contributed by atoms with van der Waals surface area (Å²) in [5.74, 6) is 0.233. The molecule has 0 bridgehead atoms. The first-order valence-electron chi connectivity index (χ1n) is 6.22. The molecule has 0 aromatic carbocycles. The molecule has 0 saturated carbocycles. The highest BCUT2D eigenvalue weighted by atomic mass is 32.1. The number of rotatable bonds is 4. The Balaban J connectivity index is 1.70. The van der Waals surface area contributed by atoms with Gasteiger partial charge in [-0.05, 0) is 36.6 Å². The molecule has 3 rings (SSSR count). The van der Waals surface area contributed by atoms with E-state index in [1.54, 1.807) is 42.7 Å². The van der Waals surface area contributed by atoms with Gasteiger partial charge < -0.3 is 4.42 Å². The Bertz CT molecular complexity index is 757. The monoisotopic (exact) mass is 300 g/mol. The summed E-state index contributed by atoms with van der Waals surface area (Å²) in [6, 6.07) is 9.13. The van der Waals surface area contributed by atoms with E-state index in [0.29, 0.717) is 11.5 Å². The number of nitrogens with one attached hydrogen (secondary N) is 2. The number of hydrogen-bond donors (Lipinski definition) is 2. The molecular formula is C14H12N4O2S. The summed E-state index contributed by atoms with van der Waals surface area (Å²) >= 11 is 1.57. The van der Waals surface area contributed by atoms with Gasteiger partial charge in [0.1, 0.15) is 11.5 Å². The molecule has 0 unspecified atom stereocenters. The van der Waals surface area contributed by atoms with Crippen molar-refractivity contribution in [3.05, 3.63) is 53.4 Å². The molecule has 0 saturated heterocycles. The molecule has 6 nitrogen and oxygen atoms in total. The van der Waals surface area contributed by atoms with E-state index in [9.17, 15) is 4.79 Å². The molecule has 0 atom stereocenters. The number of furan rings is 1. The largest absolute Gasteiger partial charge is 0.463 e. The summed E-state index contributed by atoms with van der Waals surface area (Å²) < 4.78 is 5.18. The van der Waals surface area contributed by atoms with Crippen molar-refractivity contribution in [2.45, 2.75) is 6.92 Å². The fourth-order valence-corrected chi connectivity index (χ4v) is 2.42. The Morgan fingerprint density at radius 2 is 2.33 bits per heavy atom. The molecule has 0 aliphatic rings. The molecule has 0 fully saturated rings. The molecule has 3 aromatic rings. The van der Waals surface area contributed by atoms with Gasteiger partial charge in [-0.2, -0.15) is 10.2 Å². The highest BCUT2D eigenvalue weighted by Crippen LogP contribution is 2.22. The van der Waals surface area contributed by atoms with Gasteiger partial charge in [0, 0.05) is 0 Å². The first kappa shape index (κ1) is 13.3. The van der Waals surface area contributed by atoms with E-state index in [-0.39, 0.29) is 11.6 Å². The molecule has 7 heteroatoms. The third-order valence-corrected chi connectivity index (χ3v) is 3.70. The van der Waals surface area contributed by atoms with Crippen molar-refractivity contribution < 1.29 is 9.21 Å². The summed E-state index contributed by atoms with van der Waals surface area (Å²) in [7, 11) is 0. The maximum Gasteiger partial charge on any atom is 0.291 e.